The van der Waals surface area contributed by atoms with E-state index in [1.54, 1.807) is 0 Å². The van der Waals surface area contributed by atoms with Gasteiger partial charge in [-0.3, -0.25) is 0 Å². The number of benzene rings is 7. The first kappa shape index (κ1) is 36.1. The van der Waals surface area contributed by atoms with Crippen LogP contribution < -0.4 is 14.3 Å². The molecular formula is C56H47N3OSi+2. The number of pyridine rings is 1. The topological polar surface area (TPSA) is 25.8 Å². The number of para-hydroxylation sites is 4. The van der Waals surface area contributed by atoms with Crippen LogP contribution in [0.4, 0.5) is 0 Å². The monoisotopic (exact) mass is 805 g/mol. The number of hydrogen-bond acceptors (Lipinski definition) is 1. The second kappa shape index (κ2) is 12.6. The first-order valence-corrected chi connectivity index (χ1v) is 25.0. The molecule has 1 unspecified atom stereocenters. The van der Waals surface area contributed by atoms with E-state index in [9.17, 15) is 0 Å². The Kier molecular flexibility index (Phi) is 7.45. The van der Waals surface area contributed by atoms with Gasteiger partial charge in [0.15, 0.2) is 22.8 Å². The summed E-state index contributed by atoms with van der Waals surface area (Å²) in [6.45, 7) is 14.4. The summed E-state index contributed by atoms with van der Waals surface area (Å²) in [5.41, 5.74) is 16.5. The number of imidazole rings is 1. The van der Waals surface area contributed by atoms with Crippen LogP contribution in [0.2, 0.25) is 19.6 Å². The zero-order valence-electron chi connectivity index (χ0n) is 35.5. The van der Waals surface area contributed by atoms with Crippen molar-refractivity contribution in [2.45, 2.75) is 51.5 Å². The SMILES string of the molecule is CC(C)(C)c1ccc2c(c1)C1(c3ccc4c(oc5ccccc54)c3-c3n(-c4c(-c5ccccc5)cccc4-c4ccccc4)c4ccccc4[n+]31)[n+]1cc([Si](C)(C)C)ccc1-2. The highest BCUT2D eigenvalue weighted by atomic mass is 28.3. The van der Waals surface area contributed by atoms with Crippen molar-refractivity contribution in [3.8, 4) is 50.6 Å². The molecule has 0 bridgehead atoms. The molecule has 7 aromatic carbocycles. The van der Waals surface area contributed by atoms with E-state index in [1.807, 2.05) is 0 Å². The molecule has 0 saturated heterocycles. The molecule has 2 aliphatic rings. The Balaban J connectivity index is 1.35. The molecule has 61 heavy (non-hydrogen) atoms. The van der Waals surface area contributed by atoms with Crippen LogP contribution in [0.1, 0.15) is 37.5 Å². The van der Waals surface area contributed by atoms with Crippen LogP contribution in [-0.2, 0) is 11.1 Å². The molecule has 0 N–H and O–H groups in total. The Labute approximate surface area is 357 Å². The lowest BCUT2D eigenvalue weighted by atomic mass is 9.82. The summed E-state index contributed by atoms with van der Waals surface area (Å²) in [6, 6.07) is 62.9. The van der Waals surface area contributed by atoms with E-state index in [-0.39, 0.29) is 5.41 Å². The average Bonchev–Trinajstić information content (AvgIpc) is 3.99. The van der Waals surface area contributed by atoms with Gasteiger partial charge in [0.05, 0.1) is 24.8 Å². The average molecular weight is 806 g/mol. The van der Waals surface area contributed by atoms with E-state index in [0.717, 1.165) is 50.0 Å². The van der Waals surface area contributed by atoms with Gasteiger partial charge in [0, 0.05) is 33.2 Å². The van der Waals surface area contributed by atoms with Gasteiger partial charge in [0.1, 0.15) is 16.8 Å². The van der Waals surface area contributed by atoms with Crippen LogP contribution in [0.15, 0.2) is 180 Å². The Morgan fingerprint density at radius 3 is 1.97 bits per heavy atom. The first-order chi connectivity index (χ1) is 29.5. The van der Waals surface area contributed by atoms with Crippen molar-refractivity contribution >= 4 is 46.2 Å². The number of fused-ring (bicyclic) bond motifs is 16. The second-order valence-corrected chi connectivity index (χ2v) is 24.1. The third-order valence-electron chi connectivity index (χ3n) is 13.4. The number of rotatable bonds is 4. The molecule has 0 amide bonds. The van der Waals surface area contributed by atoms with Crippen molar-refractivity contribution < 1.29 is 13.6 Å². The zero-order chi connectivity index (χ0) is 41.4. The molecule has 0 aliphatic carbocycles. The van der Waals surface area contributed by atoms with Gasteiger partial charge in [-0.2, -0.15) is 4.57 Å². The van der Waals surface area contributed by atoms with Gasteiger partial charge in [-0.15, -0.1) is 9.13 Å². The molecule has 10 aromatic rings. The Morgan fingerprint density at radius 1 is 0.590 bits per heavy atom. The minimum absolute atomic E-state index is 0.0655. The summed E-state index contributed by atoms with van der Waals surface area (Å²) >= 11 is 0. The van der Waals surface area contributed by atoms with E-state index < -0.39 is 13.7 Å². The highest BCUT2D eigenvalue weighted by Gasteiger charge is 2.67. The molecule has 1 atom stereocenters. The van der Waals surface area contributed by atoms with Crippen molar-refractivity contribution in [2.75, 3.05) is 0 Å². The fourth-order valence-corrected chi connectivity index (χ4v) is 11.5. The molecule has 294 valence electrons. The lowest BCUT2D eigenvalue weighted by Crippen LogP contribution is -2.72. The lowest BCUT2D eigenvalue weighted by molar-refractivity contribution is -0.944. The minimum atomic E-state index is -1.78. The molecular weight excluding hydrogens is 759 g/mol. The number of furan rings is 1. The minimum Gasteiger partial charge on any atom is -0.455 e. The molecule has 3 aromatic heterocycles. The summed E-state index contributed by atoms with van der Waals surface area (Å²) in [6.07, 6.45) is 2.51. The highest BCUT2D eigenvalue weighted by molar-refractivity contribution is 6.88. The molecule has 0 fully saturated rings. The van der Waals surface area contributed by atoms with E-state index in [2.05, 4.69) is 230 Å². The summed E-state index contributed by atoms with van der Waals surface area (Å²) in [7, 11) is -1.78. The van der Waals surface area contributed by atoms with Crippen molar-refractivity contribution in [1.82, 2.24) is 4.57 Å². The normalized spacial score (nSPS) is 15.4. The highest BCUT2D eigenvalue weighted by Crippen LogP contribution is 2.54. The van der Waals surface area contributed by atoms with Gasteiger partial charge in [-0.1, -0.05) is 162 Å². The quantitative estimate of drug-likeness (QED) is 0.128. The Morgan fingerprint density at radius 2 is 1.26 bits per heavy atom. The zero-order valence-corrected chi connectivity index (χ0v) is 36.5. The van der Waals surface area contributed by atoms with Gasteiger partial charge in [0.25, 0.3) is 0 Å². The van der Waals surface area contributed by atoms with Gasteiger partial charge < -0.3 is 4.42 Å². The van der Waals surface area contributed by atoms with E-state index >= 15 is 0 Å². The summed E-state index contributed by atoms with van der Waals surface area (Å²) in [5.74, 6) is 1.10. The maximum atomic E-state index is 7.17. The smallest absolute Gasteiger partial charge is 0.364 e. The first-order valence-electron chi connectivity index (χ1n) is 21.5. The molecule has 0 radical (unpaired) electrons. The summed E-state index contributed by atoms with van der Waals surface area (Å²) in [4.78, 5) is 0. The van der Waals surface area contributed by atoms with Crippen LogP contribution >= 0.6 is 0 Å². The van der Waals surface area contributed by atoms with Crippen molar-refractivity contribution in [2.24, 2.45) is 0 Å². The van der Waals surface area contributed by atoms with Crippen LogP contribution in [0, 0.1) is 0 Å². The van der Waals surface area contributed by atoms with Crippen molar-refractivity contribution in [1.29, 1.82) is 0 Å². The third-order valence-corrected chi connectivity index (χ3v) is 15.4. The van der Waals surface area contributed by atoms with Gasteiger partial charge in [0.2, 0.25) is 5.69 Å². The maximum absolute atomic E-state index is 7.17. The molecule has 5 heteroatoms. The summed E-state index contributed by atoms with van der Waals surface area (Å²) in [5, 5.41) is 3.67. The predicted molar refractivity (Wildman–Crippen MR) is 252 cm³/mol. The molecule has 1 spiro atoms. The van der Waals surface area contributed by atoms with Crippen LogP contribution in [0.3, 0.4) is 0 Å². The fourth-order valence-electron chi connectivity index (χ4n) is 10.4. The van der Waals surface area contributed by atoms with Crippen molar-refractivity contribution in [3.63, 3.8) is 0 Å². The largest absolute Gasteiger partial charge is 0.455 e. The predicted octanol–water partition coefficient (Wildman–Crippen LogP) is 12.5. The standard InChI is InChI=1S/C56H47N3OSi/c1-55(2,3)38-28-30-44-46(34-38)56(57-35-39(61(4,5)6)29-33-47(44)57)45-32-31-43-42-22-13-16-27-50(42)60-53(43)51(45)54-58(48-25-14-15-26-49(48)59(54)56)52-40(36-18-9-7-10-19-36)23-17-24-41(52)37-20-11-8-12-21-37/h7-35H,1-6H3/q+2. The molecule has 0 saturated carbocycles. The number of hydrogen-bond donors (Lipinski definition) is 0. The Bertz CT molecular complexity index is 3310. The molecule has 2 aliphatic heterocycles. The fraction of sp³-hybridized carbons (Fsp3) is 0.143. The lowest BCUT2D eigenvalue weighted by Gasteiger charge is -2.24. The molecule has 4 nitrogen and oxygen atoms in total. The van der Waals surface area contributed by atoms with Gasteiger partial charge in [-0.05, 0) is 64.6 Å². The van der Waals surface area contributed by atoms with E-state index in [1.165, 1.54) is 55.4 Å². The van der Waals surface area contributed by atoms with Gasteiger partial charge in [-0.25, -0.2) is 0 Å². The number of nitrogens with zero attached hydrogens (tertiary/aromatic N) is 3. The number of aromatic nitrogens is 3. The van der Waals surface area contributed by atoms with E-state index in [4.69, 9.17) is 4.42 Å². The van der Waals surface area contributed by atoms with E-state index in [0.29, 0.717) is 0 Å². The second-order valence-electron chi connectivity index (χ2n) is 19.0. The van der Waals surface area contributed by atoms with Crippen LogP contribution in [0.5, 0.6) is 0 Å². The molecule has 12 rings (SSSR count). The molecule has 5 heterocycles. The summed E-state index contributed by atoms with van der Waals surface area (Å²) < 4.78 is 15.1. The Hall–Kier alpha value is -6.82. The van der Waals surface area contributed by atoms with Crippen molar-refractivity contribution in [3.05, 3.63) is 193 Å². The third kappa shape index (κ3) is 4.92. The van der Waals surface area contributed by atoms with Crippen LogP contribution in [-0.4, -0.2) is 12.6 Å². The van der Waals surface area contributed by atoms with Gasteiger partial charge >= 0.3 is 11.5 Å². The maximum Gasteiger partial charge on any atom is 0.364 e. The van der Waals surface area contributed by atoms with Crippen LogP contribution in [0.25, 0.3) is 83.6 Å².